The number of fused-ring (bicyclic) bond motifs is 8. The molecule has 1 aromatic carbocycles. The molecule has 0 bridgehead atoms. The average Bonchev–Trinajstić information content (AvgIpc) is 3.52. The van der Waals surface area contributed by atoms with E-state index in [0.717, 1.165) is 32.1 Å². The Bertz CT molecular complexity index is 1690. The van der Waals surface area contributed by atoms with Crippen LogP contribution in [0.3, 0.4) is 0 Å². The predicted molar refractivity (Wildman–Crippen MR) is 183 cm³/mol. The number of ether oxygens (including phenoxy) is 1. The minimum Gasteiger partial charge on any atom is -0.462 e. The molecule has 6 rings (SSSR count). The van der Waals surface area contributed by atoms with E-state index >= 15 is 4.79 Å². The highest BCUT2D eigenvalue weighted by Gasteiger charge is 2.74. The Balaban J connectivity index is 1.63. The molecule has 3 saturated carbocycles. The molecule has 2 aromatic rings. The standard InChI is InChI=1S/C37H53N5O6/c1-24(2)11-10-12-25(3)29-15-16-30-34(29,5)19-18-31-35(6)20-17-28(48-26(4)43)21-36(35,22-38-46)41-32(44)40(27-13-8-7-9-14-27)33(45)42(41)37(30,31)23-39-47/h7-9,13-14,22-25,28-31,46-47H,10-12,15-21H2,1-6H3/t25-,28+,29?,30?,31?,34-,35-,36+,37+/m1/s1. The summed E-state index contributed by atoms with van der Waals surface area (Å²) in [6.07, 6.45) is 10.6. The van der Waals surface area contributed by atoms with E-state index in [2.05, 4.69) is 44.9 Å². The van der Waals surface area contributed by atoms with Gasteiger partial charge in [0.15, 0.2) is 0 Å². The topological polar surface area (TPSA) is 140 Å². The van der Waals surface area contributed by atoms with Gasteiger partial charge in [0.05, 0.1) is 18.1 Å². The maximum absolute atomic E-state index is 15.0. The average molecular weight is 664 g/mol. The van der Waals surface area contributed by atoms with Crippen LogP contribution in [0.2, 0.25) is 0 Å². The lowest BCUT2D eigenvalue weighted by Crippen LogP contribution is -2.76. The molecule has 0 saturated heterocycles. The van der Waals surface area contributed by atoms with Gasteiger partial charge in [-0.1, -0.05) is 82.4 Å². The zero-order valence-corrected chi connectivity index (χ0v) is 29.3. The second-order valence-corrected chi connectivity index (χ2v) is 16.2. The van der Waals surface area contributed by atoms with E-state index in [0.29, 0.717) is 36.3 Å². The van der Waals surface area contributed by atoms with E-state index in [1.807, 2.05) is 6.07 Å². The van der Waals surface area contributed by atoms with E-state index in [9.17, 15) is 20.0 Å². The molecule has 4 aliphatic rings. The third kappa shape index (κ3) is 4.76. The highest BCUT2D eigenvalue weighted by Crippen LogP contribution is 2.71. The van der Waals surface area contributed by atoms with Crippen LogP contribution in [0.1, 0.15) is 106 Å². The Kier molecular flexibility index (Phi) is 8.82. The molecule has 48 heavy (non-hydrogen) atoms. The zero-order chi connectivity index (χ0) is 34.6. The third-order valence-corrected chi connectivity index (χ3v) is 13.5. The molecule has 11 heteroatoms. The highest BCUT2D eigenvalue weighted by atomic mass is 16.5. The molecule has 1 aromatic heterocycles. The van der Waals surface area contributed by atoms with Gasteiger partial charge in [0.1, 0.15) is 17.2 Å². The summed E-state index contributed by atoms with van der Waals surface area (Å²) < 4.78 is 10.00. The van der Waals surface area contributed by atoms with Crippen molar-refractivity contribution < 1.29 is 19.9 Å². The van der Waals surface area contributed by atoms with Crippen LogP contribution in [0.25, 0.3) is 5.69 Å². The number of benzene rings is 1. The summed E-state index contributed by atoms with van der Waals surface area (Å²) in [5.41, 5.74) is -4.06. The fourth-order valence-electron chi connectivity index (χ4n) is 11.5. The van der Waals surface area contributed by atoms with Crippen LogP contribution in [0.5, 0.6) is 0 Å². The second-order valence-electron chi connectivity index (χ2n) is 16.2. The Hall–Kier alpha value is -3.63. The maximum Gasteiger partial charge on any atom is 0.352 e. The monoisotopic (exact) mass is 663 g/mol. The molecule has 3 fully saturated rings. The van der Waals surface area contributed by atoms with Crippen molar-refractivity contribution in [3.63, 3.8) is 0 Å². The van der Waals surface area contributed by atoms with Gasteiger partial charge >= 0.3 is 17.3 Å². The van der Waals surface area contributed by atoms with E-state index < -0.39 is 39.9 Å². The normalized spacial score (nSPS) is 36.5. The first kappa shape index (κ1) is 34.2. The van der Waals surface area contributed by atoms with Crippen LogP contribution in [0.15, 0.2) is 50.2 Å². The van der Waals surface area contributed by atoms with E-state index in [4.69, 9.17) is 4.74 Å². The molecule has 3 unspecified atom stereocenters. The largest absolute Gasteiger partial charge is 0.462 e. The van der Waals surface area contributed by atoms with Crippen LogP contribution < -0.4 is 11.4 Å². The van der Waals surface area contributed by atoms with E-state index in [-0.39, 0.29) is 23.7 Å². The second kappa shape index (κ2) is 12.4. The summed E-state index contributed by atoms with van der Waals surface area (Å²) in [7, 11) is 0. The number of rotatable bonds is 9. The number of aromatic nitrogens is 3. The summed E-state index contributed by atoms with van der Waals surface area (Å²) in [6, 6.07) is 8.84. The van der Waals surface area contributed by atoms with Gasteiger partial charge in [-0.25, -0.2) is 23.5 Å². The van der Waals surface area contributed by atoms with Crippen molar-refractivity contribution in [1.82, 2.24) is 13.9 Å². The molecule has 11 nitrogen and oxygen atoms in total. The number of carbonyl (C=O) groups excluding carboxylic acids is 1. The molecular weight excluding hydrogens is 610 g/mol. The predicted octanol–water partition coefficient (Wildman–Crippen LogP) is 6.15. The summed E-state index contributed by atoms with van der Waals surface area (Å²) in [5, 5.41) is 28.1. The Labute approximate surface area is 282 Å². The van der Waals surface area contributed by atoms with Gasteiger partial charge in [0.25, 0.3) is 0 Å². The highest BCUT2D eigenvalue weighted by molar-refractivity contribution is 5.75. The van der Waals surface area contributed by atoms with Gasteiger partial charge in [0, 0.05) is 18.8 Å². The first-order valence-electron chi connectivity index (χ1n) is 17.9. The van der Waals surface area contributed by atoms with Gasteiger partial charge < -0.3 is 15.2 Å². The van der Waals surface area contributed by atoms with Gasteiger partial charge in [-0.2, -0.15) is 0 Å². The van der Waals surface area contributed by atoms with Crippen molar-refractivity contribution in [2.45, 2.75) is 123 Å². The Morgan fingerprint density at radius 1 is 0.938 bits per heavy atom. The molecule has 3 aliphatic carbocycles. The molecule has 0 amide bonds. The van der Waals surface area contributed by atoms with Crippen LogP contribution in [0.4, 0.5) is 0 Å². The molecule has 1 aliphatic heterocycles. The third-order valence-electron chi connectivity index (χ3n) is 13.5. The Morgan fingerprint density at radius 3 is 2.27 bits per heavy atom. The molecular formula is C37H53N5O6. The SMILES string of the molecule is CC(=O)O[C@H]1CC[C@]2(C)C3CC[C@]4(C)C([C@H](C)CCCC(C)C)CCC4[C@]3(C=NO)n3c(=O)n(-c4ccccc4)c(=O)n3[C@]2(C=NO)C1. The maximum atomic E-state index is 15.0. The minimum absolute atomic E-state index is 0.0979. The summed E-state index contributed by atoms with van der Waals surface area (Å²) in [6.45, 7) is 12.7. The summed E-state index contributed by atoms with van der Waals surface area (Å²) in [4.78, 5) is 42.2. The van der Waals surface area contributed by atoms with Crippen LogP contribution in [-0.2, 0) is 20.6 Å². The lowest BCUT2D eigenvalue weighted by molar-refractivity contribution is -0.181. The number of oxime groups is 2. The van der Waals surface area contributed by atoms with E-state index in [1.54, 1.807) is 35.2 Å². The Morgan fingerprint density at radius 2 is 1.62 bits per heavy atom. The molecule has 262 valence electrons. The summed E-state index contributed by atoms with van der Waals surface area (Å²) >= 11 is 0. The van der Waals surface area contributed by atoms with E-state index in [1.165, 1.54) is 35.2 Å². The molecule has 2 N–H and O–H groups in total. The van der Waals surface area contributed by atoms with Crippen LogP contribution in [-0.4, -0.2) is 48.8 Å². The number of nitrogens with zero attached hydrogens (tertiary/aromatic N) is 5. The lowest BCUT2D eigenvalue weighted by Gasteiger charge is -2.67. The minimum atomic E-state index is -1.32. The van der Waals surface area contributed by atoms with Crippen molar-refractivity contribution in [3.8, 4) is 5.69 Å². The number of esters is 1. The fraction of sp³-hybridized carbons (Fsp3) is 0.703. The van der Waals surface area contributed by atoms with Gasteiger partial charge in [-0.15, -0.1) is 0 Å². The van der Waals surface area contributed by atoms with Crippen molar-refractivity contribution in [2.75, 3.05) is 0 Å². The smallest absolute Gasteiger partial charge is 0.352 e. The number of hydrogen-bond acceptors (Lipinski definition) is 8. The number of hydrogen-bond donors (Lipinski definition) is 2. The molecule has 0 radical (unpaired) electrons. The molecule has 0 spiro atoms. The molecule has 9 atom stereocenters. The fourth-order valence-corrected chi connectivity index (χ4v) is 11.5. The van der Waals surface area contributed by atoms with Crippen LogP contribution in [0, 0.1) is 40.4 Å². The first-order chi connectivity index (χ1) is 22.8. The number of para-hydroxylation sites is 1. The summed E-state index contributed by atoms with van der Waals surface area (Å²) in [5.74, 6) is 0.752. The lowest BCUT2D eigenvalue weighted by atomic mass is 9.43. The van der Waals surface area contributed by atoms with Crippen molar-refractivity contribution >= 4 is 18.4 Å². The zero-order valence-electron chi connectivity index (χ0n) is 29.3. The number of carbonyl (C=O) groups is 1. The van der Waals surface area contributed by atoms with Crippen molar-refractivity contribution in [1.29, 1.82) is 0 Å². The van der Waals surface area contributed by atoms with Gasteiger partial charge in [-0.3, -0.25) is 4.79 Å². The van der Waals surface area contributed by atoms with Crippen molar-refractivity contribution in [2.24, 2.45) is 50.7 Å². The first-order valence-corrected chi connectivity index (χ1v) is 17.9. The van der Waals surface area contributed by atoms with Gasteiger partial charge in [-0.05, 0) is 85.7 Å². The van der Waals surface area contributed by atoms with Gasteiger partial charge in [0.2, 0.25) is 0 Å². The van der Waals surface area contributed by atoms with Crippen molar-refractivity contribution in [3.05, 3.63) is 51.3 Å². The molecule has 2 heterocycles. The quantitative estimate of drug-likeness (QED) is 0.143. The van der Waals surface area contributed by atoms with Crippen LogP contribution >= 0.6 is 0 Å².